The zero-order valence-electron chi connectivity index (χ0n) is 19.1. The van der Waals surface area contributed by atoms with Gasteiger partial charge in [0.15, 0.2) is 0 Å². The van der Waals surface area contributed by atoms with Crippen molar-refractivity contribution in [3.8, 4) is 0 Å². The molecule has 1 saturated heterocycles. The third-order valence-corrected chi connectivity index (χ3v) is 8.47. The molecule has 0 bridgehead atoms. The summed E-state index contributed by atoms with van der Waals surface area (Å²) in [5.41, 5.74) is 1.91. The predicted molar refractivity (Wildman–Crippen MR) is 132 cm³/mol. The van der Waals surface area contributed by atoms with Crippen LogP contribution < -0.4 is 10.0 Å². The van der Waals surface area contributed by atoms with Crippen LogP contribution in [0.4, 0.5) is 0 Å². The second-order valence-corrected chi connectivity index (χ2v) is 10.9. The van der Waals surface area contributed by atoms with Gasteiger partial charge in [-0.1, -0.05) is 48.5 Å². The molecule has 2 N–H and O–H groups in total. The van der Waals surface area contributed by atoms with Crippen molar-refractivity contribution in [3.63, 3.8) is 0 Å². The summed E-state index contributed by atoms with van der Waals surface area (Å²) in [6.45, 7) is 2.24. The van der Waals surface area contributed by atoms with Gasteiger partial charge in [0.1, 0.15) is 4.90 Å². The Hall–Kier alpha value is -2.81. The second-order valence-electron chi connectivity index (χ2n) is 9.20. The van der Waals surface area contributed by atoms with Crippen molar-refractivity contribution >= 4 is 26.8 Å². The van der Waals surface area contributed by atoms with Crippen molar-refractivity contribution in [1.29, 1.82) is 0 Å². The van der Waals surface area contributed by atoms with Gasteiger partial charge in [0.05, 0.1) is 11.6 Å². The third kappa shape index (κ3) is 4.85. The van der Waals surface area contributed by atoms with Gasteiger partial charge in [-0.05, 0) is 43.4 Å². The number of hydrogen-bond acceptors (Lipinski definition) is 5. The van der Waals surface area contributed by atoms with E-state index in [0.29, 0.717) is 32.2 Å². The van der Waals surface area contributed by atoms with E-state index < -0.39 is 10.0 Å². The molecule has 5 rings (SSSR count). The molecule has 2 fully saturated rings. The van der Waals surface area contributed by atoms with Gasteiger partial charge in [0.25, 0.3) is 0 Å². The number of rotatable bonds is 5. The van der Waals surface area contributed by atoms with Crippen LogP contribution in [0.25, 0.3) is 10.9 Å². The summed E-state index contributed by atoms with van der Waals surface area (Å²) in [7, 11) is -3.67. The summed E-state index contributed by atoms with van der Waals surface area (Å²) in [5, 5.41) is 4.20. The predicted octanol–water partition coefficient (Wildman–Crippen LogP) is 3.25. The van der Waals surface area contributed by atoms with Gasteiger partial charge < -0.3 is 10.2 Å². The third-order valence-electron chi connectivity index (χ3n) is 6.98. The number of aromatic nitrogens is 1. The number of benzene rings is 2. The monoisotopic (exact) mass is 478 g/mol. The van der Waals surface area contributed by atoms with Crippen LogP contribution in [0.3, 0.4) is 0 Å². The van der Waals surface area contributed by atoms with Crippen LogP contribution in [0.1, 0.15) is 37.3 Å². The number of hydrogen-bond donors (Lipinski definition) is 2. The first-order chi connectivity index (χ1) is 16.5. The number of nitrogens with zero attached hydrogens (tertiary/aromatic N) is 2. The van der Waals surface area contributed by atoms with E-state index in [9.17, 15) is 13.2 Å². The lowest BCUT2D eigenvalue weighted by Crippen LogP contribution is -2.51. The van der Waals surface area contributed by atoms with Gasteiger partial charge in [-0.3, -0.25) is 9.78 Å². The van der Waals surface area contributed by atoms with Crippen LogP contribution in [0, 0.1) is 5.92 Å². The van der Waals surface area contributed by atoms with Gasteiger partial charge in [-0.15, -0.1) is 0 Å². The van der Waals surface area contributed by atoms with E-state index in [1.807, 2.05) is 47.4 Å². The molecular formula is C26H30N4O3S. The molecule has 1 amide bonds. The van der Waals surface area contributed by atoms with Gasteiger partial charge in [-0.25, -0.2) is 13.1 Å². The first-order valence-electron chi connectivity index (χ1n) is 11.9. The first kappa shape index (κ1) is 23.0. The number of piperazine rings is 1. The fourth-order valence-electron chi connectivity index (χ4n) is 5.12. The molecule has 2 aliphatic rings. The smallest absolute Gasteiger partial charge is 0.242 e. The molecule has 1 aliphatic carbocycles. The van der Waals surface area contributed by atoms with Crippen LogP contribution in [-0.2, 0) is 14.8 Å². The minimum Gasteiger partial charge on any atom is -0.333 e. The van der Waals surface area contributed by atoms with Crippen molar-refractivity contribution in [2.45, 2.75) is 42.7 Å². The molecular weight excluding hydrogens is 448 g/mol. The molecule has 2 aromatic carbocycles. The van der Waals surface area contributed by atoms with E-state index in [4.69, 9.17) is 0 Å². The Morgan fingerprint density at radius 2 is 1.74 bits per heavy atom. The maximum Gasteiger partial charge on any atom is 0.242 e. The molecule has 1 atom stereocenters. The standard InChI is InChI=1S/C26H30N4O3S/c31-26(30-15-14-27-18-25(30)19-6-2-1-3-7-19)20-10-12-22(13-11-20)29-34(32,33)23-16-21-8-4-5-9-24(21)28-17-23/h1-9,16-17,20,22,25,27,29H,10-15,18H2/t20?,22?,25-/m1/s1. The van der Waals surface area contributed by atoms with Gasteiger partial charge in [0, 0.05) is 43.2 Å². The average Bonchev–Trinajstić information content (AvgIpc) is 2.89. The van der Waals surface area contributed by atoms with E-state index in [2.05, 4.69) is 27.2 Å². The van der Waals surface area contributed by atoms with E-state index in [-0.39, 0.29) is 28.8 Å². The number of fused-ring (bicyclic) bond motifs is 1. The summed E-state index contributed by atoms with van der Waals surface area (Å²) >= 11 is 0. The lowest BCUT2D eigenvalue weighted by molar-refractivity contribution is -0.140. The lowest BCUT2D eigenvalue weighted by Gasteiger charge is -2.40. The Morgan fingerprint density at radius 1 is 1.00 bits per heavy atom. The molecule has 1 aromatic heterocycles. The van der Waals surface area contributed by atoms with Crippen LogP contribution in [0.5, 0.6) is 0 Å². The molecule has 0 unspecified atom stereocenters. The highest BCUT2D eigenvalue weighted by Crippen LogP contribution is 2.31. The number of nitrogens with one attached hydrogen (secondary N) is 2. The maximum absolute atomic E-state index is 13.4. The molecule has 3 aromatic rings. The molecule has 0 radical (unpaired) electrons. The minimum absolute atomic E-state index is 0.0408. The number of sulfonamides is 1. The SMILES string of the molecule is O=C(C1CCC(NS(=O)(=O)c2cnc3ccccc3c2)CC1)N1CCNC[C@@H]1c1ccccc1. The fraction of sp³-hybridized carbons (Fsp3) is 0.385. The molecule has 0 spiro atoms. The highest BCUT2D eigenvalue weighted by atomic mass is 32.2. The van der Waals surface area contributed by atoms with Crippen molar-refractivity contribution in [2.24, 2.45) is 5.92 Å². The van der Waals surface area contributed by atoms with E-state index in [0.717, 1.165) is 29.6 Å². The normalized spacial score (nSPS) is 23.6. The zero-order chi connectivity index (χ0) is 23.5. The Kier molecular flexibility index (Phi) is 6.63. The minimum atomic E-state index is -3.67. The number of pyridine rings is 1. The van der Waals surface area contributed by atoms with Crippen LogP contribution in [0.2, 0.25) is 0 Å². The van der Waals surface area contributed by atoms with Crippen molar-refractivity contribution in [1.82, 2.24) is 19.9 Å². The molecule has 1 saturated carbocycles. The Balaban J connectivity index is 1.22. The highest BCUT2D eigenvalue weighted by Gasteiger charge is 2.35. The van der Waals surface area contributed by atoms with Crippen molar-refractivity contribution < 1.29 is 13.2 Å². The van der Waals surface area contributed by atoms with E-state index >= 15 is 0 Å². The van der Waals surface area contributed by atoms with Crippen LogP contribution in [0.15, 0.2) is 71.8 Å². The summed E-state index contributed by atoms with van der Waals surface area (Å²) < 4.78 is 28.8. The Morgan fingerprint density at radius 3 is 2.53 bits per heavy atom. The second kappa shape index (κ2) is 9.82. The maximum atomic E-state index is 13.4. The quantitative estimate of drug-likeness (QED) is 0.588. The van der Waals surface area contributed by atoms with Gasteiger partial charge >= 0.3 is 0 Å². The highest BCUT2D eigenvalue weighted by molar-refractivity contribution is 7.89. The largest absolute Gasteiger partial charge is 0.333 e. The van der Waals surface area contributed by atoms with Crippen LogP contribution in [-0.4, -0.2) is 49.9 Å². The summed E-state index contributed by atoms with van der Waals surface area (Å²) in [5.74, 6) is 0.128. The number of carbonyl (C=O) groups is 1. The zero-order valence-corrected chi connectivity index (χ0v) is 19.9. The molecule has 1 aliphatic heterocycles. The van der Waals surface area contributed by atoms with Crippen molar-refractivity contribution in [3.05, 3.63) is 72.4 Å². The first-order valence-corrected chi connectivity index (χ1v) is 13.4. The van der Waals surface area contributed by atoms with Crippen molar-refractivity contribution in [2.75, 3.05) is 19.6 Å². The average molecular weight is 479 g/mol. The van der Waals surface area contributed by atoms with E-state index in [1.54, 1.807) is 6.07 Å². The molecule has 7 nitrogen and oxygen atoms in total. The fourth-order valence-corrected chi connectivity index (χ4v) is 6.40. The molecule has 8 heteroatoms. The number of para-hydroxylation sites is 1. The molecule has 2 heterocycles. The summed E-state index contributed by atoms with van der Waals surface area (Å²) in [6.07, 6.45) is 4.09. The van der Waals surface area contributed by atoms with Gasteiger partial charge in [0.2, 0.25) is 15.9 Å². The van der Waals surface area contributed by atoms with Crippen LogP contribution >= 0.6 is 0 Å². The topological polar surface area (TPSA) is 91.4 Å². The molecule has 178 valence electrons. The lowest BCUT2D eigenvalue weighted by atomic mass is 9.85. The van der Waals surface area contributed by atoms with E-state index in [1.165, 1.54) is 6.20 Å². The Labute approximate surface area is 200 Å². The summed E-state index contributed by atoms with van der Waals surface area (Å²) in [6, 6.07) is 19.1. The summed E-state index contributed by atoms with van der Waals surface area (Å²) in [4.78, 5) is 19.9. The molecule has 34 heavy (non-hydrogen) atoms. The van der Waals surface area contributed by atoms with Gasteiger partial charge in [-0.2, -0.15) is 0 Å². The number of amides is 1. The number of carbonyl (C=O) groups excluding carboxylic acids is 1. The Bertz CT molecular complexity index is 1260.